The van der Waals surface area contributed by atoms with Crippen LogP contribution in [0.25, 0.3) is 11.1 Å². The topological polar surface area (TPSA) is 35.2 Å². The highest BCUT2D eigenvalue weighted by Crippen LogP contribution is 2.27. The molecular weight excluding hydrogens is 258 g/mol. The number of rotatable bonds is 5. The van der Waals surface area contributed by atoms with E-state index >= 15 is 0 Å². The molecule has 3 heteroatoms. The second-order valence-electron chi connectivity index (χ2n) is 4.38. The fourth-order valence-electron chi connectivity index (χ4n) is 1.86. The minimum atomic E-state index is 0.461. The van der Waals surface area contributed by atoms with Gasteiger partial charge in [-0.3, -0.25) is 0 Å². The Balaban J connectivity index is 2.19. The van der Waals surface area contributed by atoms with E-state index in [0.29, 0.717) is 11.6 Å². The predicted molar refractivity (Wildman–Crippen MR) is 80.6 cm³/mol. The first-order valence-corrected chi connectivity index (χ1v) is 6.84. The zero-order valence-electron chi connectivity index (χ0n) is 11.0. The molecule has 0 radical (unpaired) electrons. The van der Waals surface area contributed by atoms with Crippen LogP contribution in [-0.4, -0.2) is 6.61 Å². The van der Waals surface area contributed by atoms with Gasteiger partial charge in [0.15, 0.2) is 0 Å². The van der Waals surface area contributed by atoms with Crippen molar-refractivity contribution in [3.05, 3.63) is 53.1 Å². The maximum Gasteiger partial charge on any atom is 0.119 e. The lowest BCUT2D eigenvalue weighted by Gasteiger charge is -2.08. The van der Waals surface area contributed by atoms with Gasteiger partial charge in [-0.2, -0.15) is 0 Å². The van der Waals surface area contributed by atoms with E-state index in [1.54, 1.807) is 0 Å². The van der Waals surface area contributed by atoms with E-state index in [2.05, 4.69) is 6.92 Å². The first kappa shape index (κ1) is 13.9. The van der Waals surface area contributed by atoms with Gasteiger partial charge in [0.05, 0.1) is 6.61 Å². The van der Waals surface area contributed by atoms with Crippen molar-refractivity contribution < 1.29 is 4.74 Å². The molecule has 0 aliphatic carbocycles. The van der Waals surface area contributed by atoms with E-state index in [-0.39, 0.29) is 0 Å². The van der Waals surface area contributed by atoms with Gasteiger partial charge in [0.25, 0.3) is 0 Å². The van der Waals surface area contributed by atoms with Crippen LogP contribution in [-0.2, 0) is 6.54 Å². The van der Waals surface area contributed by atoms with Crippen molar-refractivity contribution in [1.29, 1.82) is 0 Å². The molecule has 2 aromatic carbocycles. The van der Waals surface area contributed by atoms with Crippen LogP contribution < -0.4 is 10.5 Å². The summed E-state index contributed by atoms with van der Waals surface area (Å²) in [6, 6.07) is 14.0. The normalized spacial score (nSPS) is 10.5. The van der Waals surface area contributed by atoms with Crippen LogP contribution in [0.1, 0.15) is 18.9 Å². The molecule has 0 aliphatic rings. The molecule has 0 heterocycles. The van der Waals surface area contributed by atoms with Crippen LogP contribution >= 0.6 is 11.6 Å². The Morgan fingerprint density at radius 2 is 1.74 bits per heavy atom. The van der Waals surface area contributed by atoms with E-state index < -0.39 is 0 Å². The van der Waals surface area contributed by atoms with Crippen LogP contribution in [0.15, 0.2) is 42.5 Å². The molecular formula is C16H18ClNO. The highest BCUT2D eigenvalue weighted by molar-refractivity contribution is 6.31. The molecule has 2 aromatic rings. The molecule has 0 saturated heterocycles. The molecule has 0 amide bonds. The van der Waals surface area contributed by atoms with E-state index in [1.165, 1.54) is 0 Å². The number of ether oxygens (including phenoxy) is 1. The fraction of sp³-hybridized carbons (Fsp3) is 0.250. The van der Waals surface area contributed by atoms with Gasteiger partial charge in [-0.15, -0.1) is 0 Å². The predicted octanol–water partition coefficient (Wildman–Crippen LogP) is 4.25. The van der Waals surface area contributed by atoms with Crippen LogP contribution in [0.3, 0.4) is 0 Å². The quantitative estimate of drug-likeness (QED) is 0.885. The zero-order chi connectivity index (χ0) is 13.7. The third kappa shape index (κ3) is 3.49. The summed E-state index contributed by atoms with van der Waals surface area (Å²) in [6.07, 6.45) is 1.01. The summed E-state index contributed by atoms with van der Waals surface area (Å²) < 4.78 is 5.56. The fourth-order valence-corrected chi connectivity index (χ4v) is 2.11. The number of nitrogens with two attached hydrogens (primary N) is 1. The summed E-state index contributed by atoms with van der Waals surface area (Å²) in [5, 5.41) is 0.714. The molecule has 100 valence electrons. The Morgan fingerprint density at radius 1 is 1.05 bits per heavy atom. The minimum absolute atomic E-state index is 0.461. The molecule has 0 fully saturated rings. The van der Waals surface area contributed by atoms with Crippen molar-refractivity contribution in [2.45, 2.75) is 19.9 Å². The Bertz CT molecular complexity index is 537. The maximum absolute atomic E-state index is 6.17. The molecule has 0 atom stereocenters. The maximum atomic E-state index is 6.17. The zero-order valence-corrected chi connectivity index (χ0v) is 11.8. The molecule has 2 N–H and O–H groups in total. The van der Waals surface area contributed by atoms with E-state index in [4.69, 9.17) is 22.1 Å². The van der Waals surface area contributed by atoms with Crippen LogP contribution in [0.5, 0.6) is 5.75 Å². The summed E-state index contributed by atoms with van der Waals surface area (Å²) in [6.45, 7) is 3.30. The number of halogens is 1. The molecule has 2 nitrogen and oxygen atoms in total. The van der Waals surface area contributed by atoms with Crippen LogP contribution in [0.2, 0.25) is 5.02 Å². The lowest BCUT2D eigenvalue weighted by molar-refractivity contribution is 0.317. The first-order chi connectivity index (χ1) is 9.24. The first-order valence-electron chi connectivity index (χ1n) is 6.46. The van der Waals surface area contributed by atoms with E-state index in [9.17, 15) is 0 Å². The molecule has 2 rings (SSSR count). The molecule has 0 aromatic heterocycles. The van der Waals surface area contributed by atoms with Gasteiger partial charge in [0.2, 0.25) is 0 Å². The Labute approximate surface area is 119 Å². The third-order valence-corrected chi connectivity index (χ3v) is 3.29. The van der Waals surface area contributed by atoms with Gasteiger partial charge >= 0.3 is 0 Å². The lowest BCUT2D eigenvalue weighted by Crippen LogP contribution is -1.97. The second-order valence-corrected chi connectivity index (χ2v) is 4.79. The van der Waals surface area contributed by atoms with Crippen LogP contribution in [0, 0.1) is 0 Å². The van der Waals surface area contributed by atoms with Crippen molar-refractivity contribution in [2.75, 3.05) is 6.61 Å². The summed E-state index contributed by atoms with van der Waals surface area (Å²) in [4.78, 5) is 0. The third-order valence-electron chi connectivity index (χ3n) is 2.93. The Morgan fingerprint density at radius 3 is 2.32 bits per heavy atom. The van der Waals surface area contributed by atoms with Gasteiger partial charge in [-0.1, -0.05) is 42.8 Å². The number of benzene rings is 2. The van der Waals surface area contributed by atoms with Crippen LogP contribution in [0.4, 0.5) is 0 Å². The SMILES string of the molecule is CCCOc1ccc(-c2ccc(CN)c(Cl)c2)cc1. The van der Waals surface area contributed by atoms with Gasteiger partial charge in [-0.05, 0) is 41.3 Å². The lowest BCUT2D eigenvalue weighted by atomic mass is 10.0. The molecule has 0 bridgehead atoms. The average Bonchev–Trinajstić information content (AvgIpc) is 2.45. The smallest absolute Gasteiger partial charge is 0.119 e. The van der Waals surface area contributed by atoms with Crippen molar-refractivity contribution in [3.63, 3.8) is 0 Å². The highest BCUT2D eigenvalue weighted by Gasteiger charge is 2.03. The molecule has 0 spiro atoms. The monoisotopic (exact) mass is 275 g/mol. The van der Waals surface area contributed by atoms with Gasteiger partial charge in [-0.25, -0.2) is 0 Å². The van der Waals surface area contributed by atoms with Crippen molar-refractivity contribution in [1.82, 2.24) is 0 Å². The Kier molecular flexibility index (Phi) is 4.83. The van der Waals surface area contributed by atoms with Gasteiger partial charge in [0, 0.05) is 11.6 Å². The van der Waals surface area contributed by atoms with Gasteiger partial charge < -0.3 is 10.5 Å². The second kappa shape index (κ2) is 6.60. The van der Waals surface area contributed by atoms with Gasteiger partial charge in [0.1, 0.15) is 5.75 Å². The number of hydrogen-bond acceptors (Lipinski definition) is 2. The molecule has 0 aliphatic heterocycles. The van der Waals surface area contributed by atoms with E-state index in [0.717, 1.165) is 35.5 Å². The largest absolute Gasteiger partial charge is 0.494 e. The summed E-state index contributed by atoms with van der Waals surface area (Å²) >= 11 is 6.17. The minimum Gasteiger partial charge on any atom is -0.494 e. The number of hydrogen-bond donors (Lipinski definition) is 1. The van der Waals surface area contributed by atoms with E-state index in [1.807, 2.05) is 42.5 Å². The molecule has 0 saturated carbocycles. The standard InChI is InChI=1S/C16H18ClNO/c1-2-9-19-15-7-5-12(6-8-15)13-3-4-14(11-18)16(17)10-13/h3-8,10H,2,9,11,18H2,1H3. The molecule has 19 heavy (non-hydrogen) atoms. The Hall–Kier alpha value is -1.51. The highest BCUT2D eigenvalue weighted by atomic mass is 35.5. The summed E-state index contributed by atoms with van der Waals surface area (Å²) in [5.74, 6) is 0.898. The van der Waals surface area contributed by atoms with Crippen molar-refractivity contribution in [2.24, 2.45) is 5.73 Å². The van der Waals surface area contributed by atoms with Crippen molar-refractivity contribution >= 4 is 11.6 Å². The summed E-state index contributed by atoms with van der Waals surface area (Å²) in [7, 11) is 0. The molecule has 0 unspecified atom stereocenters. The average molecular weight is 276 g/mol. The van der Waals surface area contributed by atoms with Crippen molar-refractivity contribution in [3.8, 4) is 16.9 Å². The summed E-state index contributed by atoms with van der Waals surface area (Å²) in [5.41, 5.74) is 8.78.